The molecule has 0 radical (unpaired) electrons. The highest BCUT2D eigenvalue weighted by atomic mass is 35.5. The van der Waals surface area contributed by atoms with Gasteiger partial charge >= 0.3 is 0 Å². The van der Waals surface area contributed by atoms with Gasteiger partial charge in [-0.15, -0.1) is 11.6 Å². The Balaban J connectivity index is 2.95. The largest absolute Gasteiger partial charge is 0.494 e. The van der Waals surface area contributed by atoms with Crippen LogP contribution >= 0.6 is 11.6 Å². The van der Waals surface area contributed by atoms with E-state index < -0.39 is 0 Å². The molecule has 0 saturated heterocycles. The number of hydrogen-bond donors (Lipinski definition) is 0. The fourth-order valence-corrected chi connectivity index (χ4v) is 1.99. The quantitative estimate of drug-likeness (QED) is 0.687. The first kappa shape index (κ1) is 12.4. The fourth-order valence-electron chi connectivity index (χ4n) is 1.66. The van der Waals surface area contributed by atoms with Crippen LogP contribution in [0.3, 0.4) is 0 Å². The zero-order valence-electron chi connectivity index (χ0n) is 9.72. The van der Waals surface area contributed by atoms with E-state index in [-0.39, 0.29) is 0 Å². The maximum absolute atomic E-state index is 5.77. The summed E-state index contributed by atoms with van der Waals surface area (Å²) >= 11 is 5.77. The standard InChI is InChI=1S/C13H19ClO/c1-4-15-13-6-5-10(2)9-12(13)11(3)7-8-14/h5-6,9,11H,4,7-8H2,1-3H3. The van der Waals surface area contributed by atoms with Gasteiger partial charge in [0.15, 0.2) is 0 Å². The van der Waals surface area contributed by atoms with Crippen LogP contribution in [0.2, 0.25) is 0 Å². The first-order valence-corrected chi connectivity index (χ1v) is 6.01. The lowest BCUT2D eigenvalue weighted by Gasteiger charge is -2.16. The molecule has 0 saturated carbocycles. The van der Waals surface area contributed by atoms with Gasteiger partial charge in [-0.3, -0.25) is 0 Å². The minimum Gasteiger partial charge on any atom is -0.494 e. The highest BCUT2D eigenvalue weighted by Crippen LogP contribution is 2.30. The molecule has 2 heteroatoms. The molecule has 0 heterocycles. The monoisotopic (exact) mass is 226 g/mol. The molecule has 1 nitrogen and oxygen atoms in total. The van der Waals surface area contributed by atoms with Crippen LogP contribution in [0.15, 0.2) is 18.2 Å². The third-order valence-corrected chi connectivity index (χ3v) is 2.76. The molecule has 0 aromatic heterocycles. The predicted molar refractivity (Wildman–Crippen MR) is 66.1 cm³/mol. The lowest BCUT2D eigenvalue weighted by Crippen LogP contribution is -2.01. The summed E-state index contributed by atoms with van der Waals surface area (Å²) in [7, 11) is 0. The second kappa shape index (κ2) is 6.02. The van der Waals surface area contributed by atoms with E-state index in [1.54, 1.807) is 0 Å². The first-order chi connectivity index (χ1) is 7.19. The number of aryl methyl sites for hydroxylation is 1. The van der Waals surface area contributed by atoms with Crippen molar-refractivity contribution in [3.05, 3.63) is 29.3 Å². The van der Waals surface area contributed by atoms with Crippen LogP contribution in [0.5, 0.6) is 5.75 Å². The summed E-state index contributed by atoms with van der Waals surface area (Å²) in [5.74, 6) is 2.16. The highest BCUT2D eigenvalue weighted by molar-refractivity contribution is 6.17. The fraction of sp³-hybridized carbons (Fsp3) is 0.538. The van der Waals surface area contributed by atoms with Gasteiger partial charge in [-0.25, -0.2) is 0 Å². The summed E-state index contributed by atoms with van der Waals surface area (Å²) in [5, 5.41) is 0. The Bertz CT molecular complexity index is 309. The molecule has 1 aromatic carbocycles. The van der Waals surface area contributed by atoms with Crippen molar-refractivity contribution in [2.75, 3.05) is 12.5 Å². The molecule has 0 amide bonds. The van der Waals surface area contributed by atoms with Gasteiger partial charge in [-0.05, 0) is 37.8 Å². The minimum atomic E-state index is 0.462. The molecule has 1 aromatic rings. The summed E-state index contributed by atoms with van der Waals surface area (Å²) in [6.07, 6.45) is 0.991. The smallest absolute Gasteiger partial charge is 0.122 e. The van der Waals surface area contributed by atoms with E-state index in [4.69, 9.17) is 16.3 Å². The SMILES string of the molecule is CCOc1ccc(C)cc1C(C)CCCl. The second-order valence-electron chi connectivity index (χ2n) is 3.85. The molecule has 0 fully saturated rings. The molecule has 1 unspecified atom stereocenters. The van der Waals surface area contributed by atoms with Crippen molar-refractivity contribution in [3.8, 4) is 5.75 Å². The number of ether oxygens (including phenoxy) is 1. The Hall–Kier alpha value is -0.690. The summed E-state index contributed by atoms with van der Waals surface area (Å²) in [4.78, 5) is 0. The van der Waals surface area contributed by atoms with Gasteiger partial charge in [-0.1, -0.05) is 24.6 Å². The molecule has 84 valence electrons. The molecule has 0 N–H and O–H groups in total. The first-order valence-electron chi connectivity index (χ1n) is 5.48. The van der Waals surface area contributed by atoms with E-state index >= 15 is 0 Å². The van der Waals surface area contributed by atoms with Crippen LogP contribution in [0.4, 0.5) is 0 Å². The van der Waals surface area contributed by atoms with Gasteiger partial charge in [-0.2, -0.15) is 0 Å². The second-order valence-corrected chi connectivity index (χ2v) is 4.23. The number of halogens is 1. The number of rotatable bonds is 5. The van der Waals surface area contributed by atoms with Crippen molar-refractivity contribution in [2.45, 2.75) is 33.1 Å². The Kier molecular flexibility index (Phi) is 4.97. The lowest BCUT2D eigenvalue weighted by atomic mass is 9.96. The van der Waals surface area contributed by atoms with Crippen LogP contribution in [-0.2, 0) is 0 Å². The van der Waals surface area contributed by atoms with Crippen LogP contribution in [0, 0.1) is 6.92 Å². The molecule has 1 atom stereocenters. The molecular formula is C13H19ClO. The van der Waals surface area contributed by atoms with Gasteiger partial charge in [0.2, 0.25) is 0 Å². The van der Waals surface area contributed by atoms with Crippen LogP contribution < -0.4 is 4.74 Å². The molecular weight excluding hydrogens is 208 g/mol. The molecule has 0 aliphatic carbocycles. The maximum Gasteiger partial charge on any atom is 0.122 e. The van der Waals surface area contributed by atoms with Gasteiger partial charge in [0.25, 0.3) is 0 Å². The van der Waals surface area contributed by atoms with Crippen molar-refractivity contribution in [1.29, 1.82) is 0 Å². The molecule has 0 bridgehead atoms. The Labute approximate surface area is 97.4 Å². The highest BCUT2D eigenvalue weighted by Gasteiger charge is 2.11. The van der Waals surface area contributed by atoms with E-state index in [0.29, 0.717) is 18.4 Å². The van der Waals surface area contributed by atoms with Gasteiger partial charge in [0, 0.05) is 5.88 Å². The zero-order valence-corrected chi connectivity index (χ0v) is 10.5. The molecule has 0 aliphatic heterocycles. The van der Waals surface area contributed by atoms with Crippen molar-refractivity contribution < 1.29 is 4.74 Å². The molecule has 0 spiro atoms. The van der Waals surface area contributed by atoms with E-state index in [1.807, 2.05) is 6.92 Å². The van der Waals surface area contributed by atoms with E-state index in [0.717, 1.165) is 12.2 Å². The molecule has 0 aliphatic rings. The van der Waals surface area contributed by atoms with Crippen molar-refractivity contribution in [3.63, 3.8) is 0 Å². The number of hydrogen-bond acceptors (Lipinski definition) is 1. The van der Waals surface area contributed by atoms with Gasteiger partial charge in [0.1, 0.15) is 5.75 Å². The topological polar surface area (TPSA) is 9.23 Å². The van der Waals surface area contributed by atoms with E-state index in [2.05, 4.69) is 32.0 Å². The third kappa shape index (κ3) is 3.42. The summed E-state index contributed by atoms with van der Waals surface area (Å²) in [6, 6.07) is 6.34. The zero-order chi connectivity index (χ0) is 11.3. The predicted octanol–water partition coefficient (Wildman–Crippen LogP) is 4.13. The summed E-state index contributed by atoms with van der Waals surface area (Å²) < 4.78 is 5.62. The van der Waals surface area contributed by atoms with Gasteiger partial charge in [0.05, 0.1) is 6.61 Å². The minimum absolute atomic E-state index is 0.462. The van der Waals surface area contributed by atoms with Gasteiger partial charge < -0.3 is 4.74 Å². The molecule has 15 heavy (non-hydrogen) atoms. The van der Waals surface area contributed by atoms with Crippen molar-refractivity contribution in [1.82, 2.24) is 0 Å². The van der Waals surface area contributed by atoms with Crippen LogP contribution in [0.25, 0.3) is 0 Å². The van der Waals surface area contributed by atoms with E-state index in [9.17, 15) is 0 Å². The average molecular weight is 227 g/mol. The van der Waals surface area contributed by atoms with Crippen LogP contribution in [-0.4, -0.2) is 12.5 Å². The van der Waals surface area contributed by atoms with E-state index in [1.165, 1.54) is 11.1 Å². The normalized spacial score (nSPS) is 12.5. The van der Waals surface area contributed by atoms with Crippen LogP contribution in [0.1, 0.15) is 37.3 Å². The average Bonchev–Trinajstić information content (AvgIpc) is 2.21. The lowest BCUT2D eigenvalue weighted by molar-refractivity contribution is 0.334. The Morgan fingerprint density at radius 3 is 2.73 bits per heavy atom. The third-order valence-electron chi connectivity index (χ3n) is 2.54. The molecule has 1 rings (SSSR count). The summed E-state index contributed by atoms with van der Waals surface area (Å²) in [6.45, 7) is 7.02. The Morgan fingerprint density at radius 2 is 2.13 bits per heavy atom. The Morgan fingerprint density at radius 1 is 1.40 bits per heavy atom. The maximum atomic E-state index is 5.77. The van der Waals surface area contributed by atoms with Crippen molar-refractivity contribution >= 4 is 11.6 Å². The van der Waals surface area contributed by atoms with Crippen molar-refractivity contribution in [2.24, 2.45) is 0 Å². The number of benzene rings is 1. The summed E-state index contributed by atoms with van der Waals surface area (Å²) in [5.41, 5.74) is 2.55. The number of alkyl halides is 1.